The number of hydrogen-bond acceptors (Lipinski definition) is 3. The zero-order valence-electron chi connectivity index (χ0n) is 14.1. The Labute approximate surface area is 141 Å². The maximum Gasteiger partial charge on any atom is 0.289 e. The molecule has 5 heteroatoms. The van der Waals surface area contributed by atoms with Crippen LogP contribution >= 0.6 is 0 Å². The summed E-state index contributed by atoms with van der Waals surface area (Å²) in [6.07, 6.45) is 1.50. The van der Waals surface area contributed by atoms with Gasteiger partial charge >= 0.3 is 0 Å². The van der Waals surface area contributed by atoms with E-state index in [0.29, 0.717) is 37.9 Å². The molecule has 0 bridgehead atoms. The van der Waals surface area contributed by atoms with Gasteiger partial charge in [0.05, 0.1) is 6.26 Å². The number of furan rings is 1. The molecule has 1 aliphatic rings. The molecule has 1 saturated heterocycles. The molecule has 5 nitrogen and oxygen atoms in total. The van der Waals surface area contributed by atoms with Gasteiger partial charge in [-0.3, -0.25) is 9.59 Å². The van der Waals surface area contributed by atoms with Crippen LogP contribution in [0.5, 0.6) is 0 Å². The van der Waals surface area contributed by atoms with Gasteiger partial charge in [-0.25, -0.2) is 0 Å². The second-order valence-electron chi connectivity index (χ2n) is 6.30. The van der Waals surface area contributed by atoms with Gasteiger partial charge in [0.1, 0.15) is 0 Å². The second kappa shape index (κ2) is 6.91. The number of hydrogen-bond donors (Lipinski definition) is 0. The minimum Gasteiger partial charge on any atom is -0.459 e. The molecule has 0 spiro atoms. The van der Waals surface area contributed by atoms with Crippen molar-refractivity contribution in [1.82, 2.24) is 9.80 Å². The molecule has 0 radical (unpaired) electrons. The normalized spacial score (nSPS) is 15.0. The summed E-state index contributed by atoms with van der Waals surface area (Å²) >= 11 is 0. The molecule has 1 aromatic heterocycles. The molecular formula is C19H22N2O3. The van der Waals surface area contributed by atoms with Crippen LogP contribution in [0.4, 0.5) is 0 Å². The van der Waals surface area contributed by atoms with Crippen LogP contribution in [0.1, 0.15) is 46.2 Å². The molecule has 24 heavy (non-hydrogen) atoms. The molecule has 0 saturated carbocycles. The standard InChI is InChI=1S/C19H22N2O3/c1-14(2)15-6-3-4-7-16(15)18(22)20-9-11-21(12-10-20)19(23)17-8-5-13-24-17/h3-8,13-14H,9-12H2,1-2H3. The number of rotatable bonds is 3. The first kappa shape index (κ1) is 16.3. The van der Waals surface area contributed by atoms with Crippen molar-refractivity contribution in [2.45, 2.75) is 19.8 Å². The lowest BCUT2D eigenvalue weighted by atomic mass is 9.96. The highest BCUT2D eigenvalue weighted by Gasteiger charge is 2.27. The van der Waals surface area contributed by atoms with Gasteiger partial charge in [0.25, 0.3) is 11.8 Å². The van der Waals surface area contributed by atoms with E-state index in [9.17, 15) is 9.59 Å². The van der Waals surface area contributed by atoms with Crippen molar-refractivity contribution in [3.05, 3.63) is 59.5 Å². The molecular weight excluding hydrogens is 304 g/mol. The van der Waals surface area contributed by atoms with Gasteiger partial charge in [0, 0.05) is 31.7 Å². The zero-order chi connectivity index (χ0) is 17.1. The maximum absolute atomic E-state index is 12.8. The molecule has 0 atom stereocenters. The first-order valence-electron chi connectivity index (χ1n) is 8.29. The lowest BCUT2D eigenvalue weighted by molar-refractivity contribution is 0.0517. The predicted molar refractivity (Wildman–Crippen MR) is 91.0 cm³/mol. The van der Waals surface area contributed by atoms with E-state index < -0.39 is 0 Å². The number of carbonyl (C=O) groups is 2. The lowest BCUT2D eigenvalue weighted by Gasteiger charge is -2.34. The zero-order valence-corrected chi connectivity index (χ0v) is 14.1. The first-order valence-corrected chi connectivity index (χ1v) is 8.29. The number of nitrogens with zero attached hydrogens (tertiary/aromatic N) is 2. The predicted octanol–water partition coefficient (Wildman–Crippen LogP) is 3.00. The van der Waals surface area contributed by atoms with Crippen LogP contribution in [-0.2, 0) is 0 Å². The third kappa shape index (κ3) is 3.20. The number of amides is 2. The van der Waals surface area contributed by atoms with Gasteiger partial charge in [-0.1, -0.05) is 32.0 Å². The highest BCUT2D eigenvalue weighted by Crippen LogP contribution is 2.21. The van der Waals surface area contributed by atoms with Crippen molar-refractivity contribution in [2.24, 2.45) is 0 Å². The average molecular weight is 326 g/mol. The van der Waals surface area contributed by atoms with E-state index >= 15 is 0 Å². The Morgan fingerprint density at radius 2 is 1.54 bits per heavy atom. The van der Waals surface area contributed by atoms with E-state index in [1.165, 1.54) is 6.26 Å². The summed E-state index contributed by atoms with van der Waals surface area (Å²) in [5, 5.41) is 0. The van der Waals surface area contributed by atoms with Crippen LogP contribution in [-0.4, -0.2) is 47.8 Å². The van der Waals surface area contributed by atoms with Crippen LogP contribution in [0.3, 0.4) is 0 Å². The summed E-state index contributed by atoms with van der Waals surface area (Å²) in [7, 11) is 0. The average Bonchev–Trinajstić information content (AvgIpc) is 3.15. The molecule has 1 aliphatic heterocycles. The monoisotopic (exact) mass is 326 g/mol. The molecule has 2 heterocycles. The fourth-order valence-corrected chi connectivity index (χ4v) is 3.03. The third-order valence-corrected chi connectivity index (χ3v) is 4.40. The number of piperazine rings is 1. The fourth-order valence-electron chi connectivity index (χ4n) is 3.03. The molecule has 3 rings (SSSR count). The second-order valence-corrected chi connectivity index (χ2v) is 6.30. The van der Waals surface area contributed by atoms with E-state index in [-0.39, 0.29) is 11.8 Å². The van der Waals surface area contributed by atoms with Crippen molar-refractivity contribution < 1.29 is 14.0 Å². The minimum absolute atomic E-state index is 0.0457. The minimum atomic E-state index is -0.116. The van der Waals surface area contributed by atoms with Gasteiger partial charge in [-0.15, -0.1) is 0 Å². The van der Waals surface area contributed by atoms with Crippen LogP contribution in [0, 0.1) is 0 Å². The topological polar surface area (TPSA) is 53.8 Å². The number of carbonyl (C=O) groups excluding carboxylic acids is 2. The van der Waals surface area contributed by atoms with Crippen molar-refractivity contribution in [3.63, 3.8) is 0 Å². The summed E-state index contributed by atoms with van der Waals surface area (Å²) in [5.41, 5.74) is 1.83. The molecule has 1 fully saturated rings. The van der Waals surface area contributed by atoms with Crippen LogP contribution in [0.2, 0.25) is 0 Å². The number of benzene rings is 1. The largest absolute Gasteiger partial charge is 0.459 e. The van der Waals surface area contributed by atoms with Gasteiger partial charge in [-0.2, -0.15) is 0 Å². The van der Waals surface area contributed by atoms with E-state index in [4.69, 9.17) is 4.42 Å². The summed E-state index contributed by atoms with van der Waals surface area (Å²) in [6, 6.07) is 11.1. The van der Waals surface area contributed by atoms with Crippen molar-refractivity contribution >= 4 is 11.8 Å². The van der Waals surface area contributed by atoms with E-state index in [1.54, 1.807) is 17.0 Å². The molecule has 0 N–H and O–H groups in total. The lowest BCUT2D eigenvalue weighted by Crippen LogP contribution is -2.50. The van der Waals surface area contributed by atoms with Crippen molar-refractivity contribution in [3.8, 4) is 0 Å². The Morgan fingerprint density at radius 1 is 0.917 bits per heavy atom. The Balaban J connectivity index is 1.67. The van der Waals surface area contributed by atoms with E-state index in [1.807, 2.05) is 29.2 Å². The highest BCUT2D eigenvalue weighted by molar-refractivity contribution is 5.96. The molecule has 0 unspecified atom stereocenters. The summed E-state index contributed by atoms with van der Waals surface area (Å²) in [5.74, 6) is 0.575. The smallest absolute Gasteiger partial charge is 0.289 e. The van der Waals surface area contributed by atoms with Crippen LogP contribution in [0.15, 0.2) is 47.1 Å². The van der Waals surface area contributed by atoms with Gasteiger partial charge in [0.15, 0.2) is 5.76 Å². The third-order valence-electron chi connectivity index (χ3n) is 4.40. The SMILES string of the molecule is CC(C)c1ccccc1C(=O)N1CCN(C(=O)c2ccco2)CC1. The molecule has 2 amide bonds. The maximum atomic E-state index is 12.8. The van der Waals surface area contributed by atoms with Gasteiger partial charge < -0.3 is 14.2 Å². The molecule has 2 aromatic rings. The summed E-state index contributed by atoms with van der Waals surface area (Å²) in [4.78, 5) is 28.7. The summed E-state index contributed by atoms with van der Waals surface area (Å²) in [6.45, 7) is 6.30. The van der Waals surface area contributed by atoms with Crippen LogP contribution < -0.4 is 0 Å². The molecule has 0 aliphatic carbocycles. The Morgan fingerprint density at radius 3 is 2.12 bits per heavy atom. The summed E-state index contributed by atoms with van der Waals surface area (Å²) < 4.78 is 5.16. The Kier molecular flexibility index (Phi) is 4.69. The first-order chi connectivity index (χ1) is 11.6. The Bertz CT molecular complexity index is 714. The van der Waals surface area contributed by atoms with Crippen molar-refractivity contribution in [1.29, 1.82) is 0 Å². The van der Waals surface area contributed by atoms with E-state index in [2.05, 4.69) is 13.8 Å². The molecule has 1 aromatic carbocycles. The Hall–Kier alpha value is -2.56. The quantitative estimate of drug-likeness (QED) is 0.871. The highest BCUT2D eigenvalue weighted by atomic mass is 16.3. The van der Waals surface area contributed by atoms with Crippen molar-refractivity contribution in [2.75, 3.05) is 26.2 Å². The van der Waals surface area contributed by atoms with Gasteiger partial charge in [0.2, 0.25) is 0 Å². The van der Waals surface area contributed by atoms with Gasteiger partial charge in [-0.05, 0) is 29.7 Å². The van der Waals surface area contributed by atoms with E-state index in [0.717, 1.165) is 11.1 Å². The molecule has 126 valence electrons. The fraction of sp³-hybridized carbons (Fsp3) is 0.368. The van der Waals surface area contributed by atoms with Crippen LogP contribution in [0.25, 0.3) is 0 Å².